The zero-order valence-electron chi connectivity index (χ0n) is 14.4. The van der Waals surface area contributed by atoms with Gasteiger partial charge in [0.1, 0.15) is 5.82 Å². The van der Waals surface area contributed by atoms with Crippen LogP contribution >= 0.6 is 0 Å². The summed E-state index contributed by atoms with van der Waals surface area (Å²) < 4.78 is 5.21. The molecular formula is C17H28N2O2. The Morgan fingerprint density at radius 2 is 1.67 bits per heavy atom. The number of nitrogens with zero attached hydrogens (tertiary/aromatic N) is 2. The summed E-state index contributed by atoms with van der Waals surface area (Å²) in [6.07, 6.45) is 4.51. The summed E-state index contributed by atoms with van der Waals surface area (Å²) in [6, 6.07) is 0. The van der Waals surface area contributed by atoms with E-state index in [1.165, 1.54) is 0 Å². The molecule has 4 heteroatoms. The number of carbonyl (C=O) groups is 1. The van der Waals surface area contributed by atoms with Gasteiger partial charge < -0.3 is 4.74 Å². The van der Waals surface area contributed by atoms with Crippen LogP contribution < -0.4 is 0 Å². The second kappa shape index (κ2) is 6.54. The monoisotopic (exact) mass is 292 g/mol. The number of esters is 1. The maximum atomic E-state index is 12.3. The molecular weight excluding hydrogens is 264 g/mol. The molecule has 0 fully saturated rings. The number of ether oxygens (including phenoxy) is 1. The van der Waals surface area contributed by atoms with Crippen LogP contribution in [0.4, 0.5) is 0 Å². The van der Waals surface area contributed by atoms with Gasteiger partial charge in [0.05, 0.1) is 12.5 Å². The summed E-state index contributed by atoms with van der Waals surface area (Å²) in [6.45, 7) is 14.6. The number of carbonyl (C=O) groups excluding carboxylic acids is 1. The fourth-order valence-corrected chi connectivity index (χ4v) is 2.21. The van der Waals surface area contributed by atoms with Crippen molar-refractivity contribution in [2.75, 3.05) is 6.61 Å². The van der Waals surface area contributed by atoms with Gasteiger partial charge in [-0.05, 0) is 18.8 Å². The Balaban J connectivity index is 3.14. The van der Waals surface area contributed by atoms with Crippen molar-refractivity contribution in [1.29, 1.82) is 0 Å². The quantitative estimate of drug-likeness (QED) is 0.773. The molecule has 118 valence electrons. The Hall–Kier alpha value is -1.45. The lowest BCUT2D eigenvalue weighted by Crippen LogP contribution is -2.29. The normalized spacial score (nSPS) is 13.9. The van der Waals surface area contributed by atoms with Crippen LogP contribution in [0.5, 0.6) is 0 Å². The Morgan fingerprint density at radius 1 is 1.14 bits per heavy atom. The van der Waals surface area contributed by atoms with Gasteiger partial charge in [0, 0.05) is 23.4 Å². The van der Waals surface area contributed by atoms with Gasteiger partial charge in [0.15, 0.2) is 0 Å². The number of aromatic nitrogens is 2. The minimum Gasteiger partial charge on any atom is -0.466 e. The van der Waals surface area contributed by atoms with Crippen molar-refractivity contribution in [2.24, 2.45) is 5.41 Å². The van der Waals surface area contributed by atoms with Gasteiger partial charge in [-0.25, -0.2) is 9.97 Å². The van der Waals surface area contributed by atoms with E-state index in [9.17, 15) is 4.79 Å². The summed E-state index contributed by atoms with van der Waals surface area (Å²) >= 11 is 0. The van der Waals surface area contributed by atoms with Crippen LogP contribution in [-0.2, 0) is 14.9 Å². The Labute approximate surface area is 128 Å². The van der Waals surface area contributed by atoms with E-state index >= 15 is 0 Å². The lowest BCUT2D eigenvalue weighted by Gasteiger charge is -2.29. The van der Waals surface area contributed by atoms with Gasteiger partial charge in [0.2, 0.25) is 0 Å². The molecule has 0 aromatic carbocycles. The van der Waals surface area contributed by atoms with Crippen LogP contribution in [-0.4, -0.2) is 22.5 Å². The molecule has 1 unspecified atom stereocenters. The fraction of sp³-hybridized carbons (Fsp3) is 0.706. The molecule has 21 heavy (non-hydrogen) atoms. The first-order valence-electron chi connectivity index (χ1n) is 7.62. The first-order valence-corrected chi connectivity index (χ1v) is 7.62. The molecule has 1 aromatic rings. The van der Waals surface area contributed by atoms with E-state index in [0.29, 0.717) is 6.61 Å². The summed E-state index contributed by atoms with van der Waals surface area (Å²) in [7, 11) is 0. The zero-order chi connectivity index (χ0) is 16.3. The highest BCUT2D eigenvalue weighted by molar-refractivity contribution is 5.78. The fourth-order valence-electron chi connectivity index (χ4n) is 2.21. The maximum absolute atomic E-state index is 12.3. The third-order valence-corrected chi connectivity index (χ3v) is 3.88. The second-order valence-corrected chi connectivity index (χ2v) is 7.13. The third kappa shape index (κ3) is 4.26. The molecule has 0 spiro atoms. The average Bonchev–Trinajstić information content (AvgIpc) is 2.38. The molecule has 0 saturated carbocycles. The molecule has 0 aliphatic heterocycles. The Morgan fingerprint density at radius 3 is 2.05 bits per heavy atom. The van der Waals surface area contributed by atoms with Gasteiger partial charge in [-0.3, -0.25) is 4.79 Å². The van der Waals surface area contributed by atoms with E-state index in [1.54, 1.807) is 12.4 Å². The molecule has 0 bridgehead atoms. The van der Waals surface area contributed by atoms with E-state index in [4.69, 9.17) is 4.74 Å². The van der Waals surface area contributed by atoms with Crippen molar-refractivity contribution in [3.05, 3.63) is 23.8 Å². The highest BCUT2D eigenvalue weighted by atomic mass is 16.5. The summed E-state index contributed by atoms with van der Waals surface area (Å²) in [5.41, 5.74) is 0.522. The van der Waals surface area contributed by atoms with Crippen molar-refractivity contribution in [2.45, 2.75) is 66.2 Å². The summed E-state index contributed by atoms with van der Waals surface area (Å²) in [4.78, 5) is 21.2. The van der Waals surface area contributed by atoms with E-state index in [2.05, 4.69) is 30.7 Å². The summed E-state index contributed by atoms with van der Waals surface area (Å²) in [5, 5.41) is 0. The zero-order valence-corrected chi connectivity index (χ0v) is 14.4. The van der Waals surface area contributed by atoms with Gasteiger partial charge in [-0.15, -0.1) is 0 Å². The van der Waals surface area contributed by atoms with Crippen molar-refractivity contribution in [1.82, 2.24) is 9.97 Å². The molecule has 1 atom stereocenters. The van der Waals surface area contributed by atoms with Crippen LogP contribution in [0.2, 0.25) is 0 Å². The SMILES string of the molecule is CCOC(=O)C(c1cnc(C(C)(C)CC)nc1)C(C)(C)C. The summed E-state index contributed by atoms with van der Waals surface area (Å²) in [5.74, 6) is 0.248. The smallest absolute Gasteiger partial charge is 0.314 e. The van der Waals surface area contributed by atoms with Crippen LogP contribution in [0.25, 0.3) is 0 Å². The molecule has 1 heterocycles. The number of hydrogen-bond donors (Lipinski definition) is 0. The molecule has 1 aromatic heterocycles. The topological polar surface area (TPSA) is 52.1 Å². The average molecular weight is 292 g/mol. The van der Waals surface area contributed by atoms with E-state index in [0.717, 1.165) is 17.8 Å². The highest BCUT2D eigenvalue weighted by Crippen LogP contribution is 2.36. The molecule has 0 N–H and O–H groups in total. The van der Waals surface area contributed by atoms with E-state index in [-0.39, 0.29) is 22.7 Å². The lowest BCUT2D eigenvalue weighted by molar-refractivity contribution is -0.147. The van der Waals surface area contributed by atoms with Gasteiger partial charge >= 0.3 is 5.97 Å². The molecule has 4 nitrogen and oxygen atoms in total. The standard InChI is InChI=1S/C17H28N2O2/c1-8-17(6,7)15-18-10-12(11-19-15)13(16(3,4)5)14(20)21-9-2/h10-11,13H,8-9H2,1-7H3. The number of rotatable bonds is 5. The molecule has 0 aliphatic rings. The lowest BCUT2D eigenvalue weighted by atomic mass is 9.77. The van der Waals surface area contributed by atoms with Crippen LogP contribution in [0, 0.1) is 5.41 Å². The minimum absolute atomic E-state index is 0.0559. The maximum Gasteiger partial charge on any atom is 0.314 e. The molecule has 0 radical (unpaired) electrons. The molecule has 0 amide bonds. The largest absolute Gasteiger partial charge is 0.466 e. The number of hydrogen-bond acceptors (Lipinski definition) is 4. The Kier molecular flexibility index (Phi) is 5.48. The minimum atomic E-state index is -0.351. The van der Waals surface area contributed by atoms with Crippen LogP contribution in [0.1, 0.15) is 72.2 Å². The third-order valence-electron chi connectivity index (χ3n) is 3.88. The van der Waals surface area contributed by atoms with Crippen LogP contribution in [0.15, 0.2) is 12.4 Å². The first-order chi connectivity index (χ1) is 9.63. The molecule has 0 saturated heterocycles. The van der Waals surface area contributed by atoms with E-state index in [1.807, 2.05) is 27.7 Å². The van der Waals surface area contributed by atoms with E-state index < -0.39 is 0 Å². The van der Waals surface area contributed by atoms with Crippen LogP contribution in [0.3, 0.4) is 0 Å². The van der Waals surface area contributed by atoms with Gasteiger partial charge in [-0.1, -0.05) is 41.5 Å². The molecule has 0 aliphatic carbocycles. The van der Waals surface area contributed by atoms with Gasteiger partial charge in [0.25, 0.3) is 0 Å². The van der Waals surface area contributed by atoms with Crippen molar-refractivity contribution in [3.8, 4) is 0 Å². The van der Waals surface area contributed by atoms with Gasteiger partial charge in [-0.2, -0.15) is 0 Å². The van der Waals surface area contributed by atoms with Crippen molar-refractivity contribution >= 4 is 5.97 Å². The Bertz CT molecular complexity index is 473. The second-order valence-electron chi connectivity index (χ2n) is 7.13. The van der Waals surface area contributed by atoms with Crippen molar-refractivity contribution in [3.63, 3.8) is 0 Å². The van der Waals surface area contributed by atoms with Crippen molar-refractivity contribution < 1.29 is 9.53 Å². The first kappa shape index (κ1) is 17.6. The highest BCUT2D eigenvalue weighted by Gasteiger charge is 2.35. The molecule has 1 rings (SSSR count). The predicted molar refractivity (Wildman–Crippen MR) is 84.2 cm³/mol. The predicted octanol–water partition coefficient (Wildman–Crippen LogP) is 3.86.